The summed E-state index contributed by atoms with van der Waals surface area (Å²) in [5.41, 5.74) is -0.153. The van der Waals surface area contributed by atoms with E-state index >= 15 is 0 Å². The first-order chi connectivity index (χ1) is 12.0. The Kier molecular flexibility index (Phi) is 6.83. The molecule has 142 valence electrons. The van der Waals surface area contributed by atoms with E-state index in [2.05, 4.69) is 15.9 Å². The molecule has 3 nitrogen and oxygen atoms in total. The van der Waals surface area contributed by atoms with Crippen molar-refractivity contribution in [3.8, 4) is 11.5 Å². The first-order valence-corrected chi connectivity index (χ1v) is 11.0. The molecule has 9 heteroatoms. The zero-order valence-electron chi connectivity index (χ0n) is 13.9. The Morgan fingerprint density at radius 3 is 2.46 bits per heavy atom. The molecular weight excluding hydrogens is 456 g/mol. The Labute approximate surface area is 163 Å². The summed E-state index contributed by atoms with van der Waals surface area (Å²) >= 11 is 9.29. The summed E-state index contributed by atoms with van der Waals surface area (Å²) < 4.78 is 62.1. The molecule has 0 heterocycles. The van der Waals surface area contributed by atoms with Crippen LogP contribution in [0, 0.1) is 0 Å². The topological polar surface area (TPSA) is 35.5 Å². The normalized spacial score (nSPS) is 14.1. The Morgan fingerprint density at radius 2 is 1.88 bits per heavy atom. The molecule has 0 saturated heterocycles. The van der Waals surface area contributed by atoms with E-state index < -0.39 is 19.1 Å². The van der Waals surface area contributed by atoms with Crippen LogP contribution in [0.5, 0.6) is 11.5 Å². The van der Waals surface area contributed by atoms with Crippen LogP contribution in [0.2, 0.25) is 5.02 Å². The van der Waals surface area contributed by atoms with Gasteiger partial charge in [-0.05, 0) is 48.9 Å². The average molecular weight is 472 g/mol. The molecule has 0 spiro atoms. The van der Waals surface area contributed by atoms with Gasteiger partial charge in [0, 0.05) is 11.1 Å². The van der Waals surface area contributed by atoms with Gasteiger partial charge in [-0.3, -0.25) is 4.57 Å². The number of hydrogen-bond acceptors (Lipinski definition) is 3. The highest BCUT2D eigenvalue weighted by atomic mass is 79.9. The highest BCUT2D eigenvalue weighted by Gasteiger charge is 2.31. The maximum Gasteiger partial charge on any atom is 0.416 e. The lowest BCUT2D eigenvalue weighted by Crippen LogP contribution is -2.04. The largest absolute Gasteiger partial charge is 0.456 e. The zero-order chi connectivity index (χ0) is 19.5. The lowest BCUT2D eigenvalue weighted by molar-refractivity contribution is -0.137. The van der Waals surface area contributed by atoms with Gasteiger partial charge in [0.25, 0.3) is 0 Å². The molecule has 0 radical (unpaired) electrons. The summed E-state index contributed by atoms with van der Waals surface area (Å²) in [6, 6.07) is 7.85. The van der Waals surface area contributed by atoms with Crippen molar-refractivity contribution in [2.24, 2.45) is 0 Å². The van der Waals surface area contributed by atoms with E-state index in [-0.39, 0.29) is 16.9 Å². The van der Waals surface area contributed by atoms with E-state index in [0.29, 0.717) is 17.9 Å². The van der Waals surface area contributed by atoms with Crippen LogP contribution < -0.4 is 4.74 Å². The van der Waals surface area contributed by atoms with E-state index in [0.717, 1.165) is 22.7 Å². The molecule has 0 N–H and O–H groups in total. The molecular formula is C17H16BrClF3O3P. The fraction of sp³-hybridized carbons (Fsp3) is 0.294. The smallest absolute Gasteiger partial charge is 0.416 e. The predicted molar refractivity (Wildman–Crippen MR) is 99.5 cm³/mol. The van der Waals surface area contributed by atoms with E-state index in [9.17, 15) is 17.7 Å². The van der Waals surface area contributed by atoms with Gasteiger partial charge in [-0.15, -0.1) is 0 Å². The van der Waals surface area contributed by atoms with E-state index in [1.807, 2.05) is 0 Å². The van der Waals surface area contributed by atoms with Crippen LogP contribution in [-0.2, 0) is 21.4 Å². The average Bonchev–Trinajstić information content (AvgIpc) is 2.51. The lowest BCUT2D eigenvalue weighted by Gasteiger charge is -2.15. The first kappa shape index (κ1) is 21.3. The third-order valence-corrected chi connectivity index (χ3v) is 6.15. The van der Waals surface area contributed by atoms with Crippen LogP contribution in [-0.4, -0.2) is 13.3 Å². The van der Waals surface area contributed by atoms with Crippen LogP contribution in [0.3, 0.4) is 0 Å². The first-order valence-electron chi connectivity index (χ1n) is 7.56. The van der Waals surface area contributed by atoms with Crippen molar-refractivity contribution in [3.63, 3.8) is 0 Å². The molecule has 0 aliphatic rings. The maximum atomic E-state index is 12.7. The molecule has 0 saturated carbocycles. The summed E-state index contributed by atoms with van der Waals surface area (Å²) in [6.07, 6.45) is -4.28. The van der Waals surface area contributed by atoms with Gasteiger partial charge in [-0.1, -0.05) is 27.5 Å². The van der Waals surface area contributed by atoms with Crippen molar-refractivity contribution in [1.82, 2.24) is 0 Å². The maximum absolute atomic E-state index is 12.7. The summed E-state index contributed by atoms with van der Waals surface area (Å²) in [7, 11) is -2.82. The van der Waals surface area contributed by atoms with Gasteiger partial charge in [0.1, 0.15) is 11.5 Å². The number of alkyl halides is 3. The van der Waals surface area contributed by atoms with Crippen LogP contribution in [0.15, 0.2) is 40.9 Å². The van der Waals surface area contributed by atoms with Gasteiger partial charge in [0.05, 0.1) is 23.4 Å². The second-order valence-corrected chi connectivity index (χ2v) is 9.45. The van der Waals surface area contributed by atoms with E-state index in [1.165, 1.54) is 0 Å². The predicted octanol–water partition coefficient (Wildman–Crippen LogP) is 7.36. The molecule has 2 rings (SSSR count). The van der Waals surface area contributed by atoms with Crippen molar-refractivity contribution >= 4 is 34.9 Å². The summed E-state index contributed by atoms with van der Waals surface area (Å²) in [4.78, 5) is 0. The Bertz CT molecular complexity index is 842. The molecule has 1 unspecified atom stereocenters. The third-order valence-electron chi connectivity index (χ3n) is 3.36. The molecule has 0 fully saturated rings. The highest BCUT2D eigenvalue weighted by molar-refractivity contribution is 9.10. The molecule has 2 aromatic carbocycles. The van der Waals surface area contributed by atoms with E-state index in [1.54, 1.807) is 31.8 Å². The molecule has 2 aromatic rings. The minimum atomic E-state index is -4.48. The van der Waals surface area contributed by atoms with Crippen LogP contribution in [0.4, 0.5) is 13.2 Å². The molecule has 0 aromatic heterocycles. The second kappa shape index (κ2) is 8.34. The van der Waals surface area contributed by atoms with Gasteiger partial charge < -0.3 is 9.26 Å². The molecule has 0 aliphatic carbocycles. The quantitative estimate of drug-likeness (QED) is 0.413. The minimum absolute atomic E-state index is 0.0948. The van der Waals surface area contributed by atoms with Crippen molar-refractivity contribution in [3.05, 3.63) is 57.0 Å². The van der Waals surface area contributed by atoms with Crippen molar-refractivity contribution in [2.75, 3.05) is 13.3 Å². The molecule has 0 aliphatic heterocycles. The number of rotatable bonds is 6. The van der Waals surface area contributed by atoms with Crippen molar-refractivity contribution < 1.29 is 27.0 Å². The van der Waals surface area contributed by atoms with Crippen molar-refractivity contribution in [2.45, 2.75) is 19.3 Å². The Morgan fingerprint density at radius 1 is 1.19 bits per heavy atom. The molecule has 26 heavy (non-hydrogen) atoms. The zero-order valence-corrected chi connectivity index (χ0v) is 17.2. The Hall–Kier alpha value is -1.01. The van der Waals surface area contributed by atoms with Crippen LogP contribution in [0.1, 0.15) is 18.1 Å². The van der Waals surface area contributed by atoms with Gasteiger partial charge >= 0.3 is 6.18 Å². The van der Waals surface area contributed by atoms with Gasteiger partial charge in [0.15, 0.2) is 0 Å². The fourth-order valence-corrected chi connectivity index (χ4v) is 4.59. The van der Waals surface area contributed by atoms with Crippen molar-refractivity contribution in [1.29, 1.82) is 0 Å². The number of benzene rings is 2. The third kappa shape index (κ3) is 5.74. The van der Waals surface area contributed by atoms with Crippen LogP contribution >= 0.6 is 34.9 Å². The Balaban J connectivity index is 2.26. The lowest BCUT2D eigenvalue weighted by atomic mass is 10.2. The molecule has 0 bridgehead atoms. The number of ether oxygens (including phenoxy) is 1. The molecule has 0 amide bonds. The summed E-state index contributed by atoms with van der Waals surface area (Å²) in [6.45, 7) is 3.64. The summed E-state index contributed by atoms with van der Waals surface area (Å²) in [5.74, 6) is 0.457. The van der Waals surface area contributed by atoms with Crippen LogP contribution in [0.25, 0.3) is 0 Å². The minimum Gasteiger partial charge on any atom is -0.456 e. The van der Waals surface area contributed by atoms with Gasteiger partial charge in [-0.2, -0.15) is 13.2 Å². The SMILES string of the molecule is CCOP(C)(=O)Cc1cc(Oc2ccc(C(F)(F)F)cc2Cl)ccc1Br. The van der Waals surface area contributed by atoms with Gasteiger partial charge in [0.2, 0.25) is 7.37 Å². The summed E-state index contributed by atoms with van der Waals surface area (Å²) in [5, 5.41) is -0.153. The van der Waals surface area contributed by atoms with E-state index in [4.69, 9.17) is 20.9 Å². The standard InChI is InChI=1S/C17H16BrClF3O3P/c1-3-24-26(2,23)10-11-8-13(5-6-14(11)18)25-16-7-4-12(9-15(16)19)17(20,21)22/h4-9H,3,10H2,1-2H3. The number of hydrogen-bond donors (Lipinski definition) is 0. The number of halogens is 5. The fourth-order valence-electron chi connectivity index (χ4n) is 2.25. The molecule has 1 atom stereocenters. The second-order valence-electron chi connectivity index (χ2n) is 5.59. The monoisotopic (exact) mass is 470 g/mol. The highest BCUT2D eigenvalue weighted by Crippen LogP contribution is 2.48. The van der Waals surface area contributed by atoms with Gasteiger partial charge in [-0.25, -0.2) is 0 Å².